The van der Waals surface area contributed by atoms with Gasteiger partial charge in [0.15, 0.2) is 0 Å². The fourth-order valence-electron chi connectivity index (χ4n) is 2.54. The van der Waals surface area contributed by atoms with Crippen LogP contribution < -0.4 is 0 Å². The van der Waals surface area contributed by atoms with E-state index in [1.807, 2.05) is 0 Å². The molecule has 0 radical (unpaired) electrons. The molecule has 1 atom stereocenters. The van der Waals surface area contributed by atoms with Crippen molar-refractivity contribution in [1.82, 2.24) is 4.90 Å². The third kappa shape index (κ3) is 6.52. The van der Waals surface area contributed by atoms with Crippen molar-refractivity contribution in [3.63, 3.8) is 0 Å². The Balaban J connectivity index is 4.20. The van der Waals surface area contributed by atoms with E-state index >= 15 is 0 Å². The summed E-state index contributed by atoms with van der Waals surface area (Å²) in [5.41, 5.74) is 0. The van der Waals surface area contributed by atoms with Crippen molar-refractivity contribution in [3.8, 4) is 0 Å². The summed E-state index contributed by atoms with van der Waals surface area (Å²) in [5.74, 6) is 0.912. The molecule has 0 aliphatic heterocycles. The van der Waals surface area contributed by atoms with E-state index < -0.39 is 0 Å². The Morgan fingerprint density at radius 2 is 1.38 bits per heavy atom. The summed E-state index contributed by atoms with van der Waals surface area (Å²) in [6.07, 6.45) is 6.88. The maximum atomic E-state index is 2.65. The van der Waals surface area contributed by atoms with Crippen molar-refractivity contribution in [2.24, 2.45) is 5.92 Å². The molecule has 0 aromatic carbocycles. The SMILES string of the molecule is CCCCC(CCC)CN(C(C)C)C(C)C. The van der Waals surface area contributed by atoms with Crippen LogP contribution in [0.4, 0.5) is 0 Å². The monoisotopic (exact) mass is 227 g/mol. The highest BCUT2D eigenvalue weighted by atomic mass is 15.2. The fourth-order valence-corrected chi connectivity index (χ4v) is 2.54. The fraction of sp³-hybridized carbons (Fsp3) is 1.00. The topological polar surface area (TPSA) is 3.24 Å². The molecule has 0 aliphatic carbocycles. The standard InChI is InChI=1S/C15H33N/c1-7-9-11-15(10-8-2)12-16(13(3)4)14(5)6/h13-15H,7-12H2,1-6H3. The molecule has 0 saturated carbocycles. The lowest BCUT2D eigenvalue weighted by Gasteiger charge is -2.34. The predicted molar refractivity (Wildman–Crippen MR) is 74.9 cm³/mol. The van der Waals surface area contributed by atoms with Gasteiger partial charge in [0.05, 0.1) is 0 Å². The van der Waals surface area contributed by atoms with Crippen LogP contribution in [-0.4, -0.2) is 23.5 Å². The Bertz CT molecular complexity index is 144. The molecule has 0 rings (SSSR count). The van der Waals surface area contributed by atoms with Crippen molar-refractivity contribution in [3.05, 3.63) is 0 Å². The first kappa shape index (κ1) is 16.0. The van der Waals surface area contributed by atoms with Crippen LogP contribution in [0, 0.1) is 5.92 Å². The molecule has 0 fully saturated rings. The number of unbranched alkanes of at least 4 members (excludes halogenated alkanes) is 1. The third-order valence-corrected chi connectivity index (χ3v) is 3.46. The average Bonchev–Trinajstić information content (AvgIpc) is 2.21. The summed E-state index contributed by atoms with van der Waals surface area (Å²) >= 11 is 0. The molecular formula is C15H33N. The van der Waals surface area contributed by atoms with Gasteiger partial charge in [0.2, 0.25) is 0 Å². The lowest BCUT2D eigenvalue weighted by Crippen LogP contribution is -2.40. The summed E-state index contributed by atoms with van der Waals surface area (Å²) in [6.45, 7) is 15.2. The molecule has 1 heteroatoms. The van der Waals surface area contributed by atoms with Crippen LogP contribution >= 0.6 is 0 Å². The maximum Gasteiger partial charge on any atom is 0.00414 e. The highest BCUT2D eigenvalue weighted by Crippen LogP contribution is 2.19. The molecule has 1 nitrogen and oxygen atoms in total. The van der Waals surface area contributed by atoms with Crippen molar-refractivity contribution in [2.75, 3.05) is 6.54 Å². The van der Waals surface area contributed by atoms with Gasteiger partial charge in [-0.05, 0) is 46.5 Å². The Hall–Kier alpha value is -0.0400. The first-order valence-electron chi connectivity index (χ1n) is 7.28. The van der Waals surface area contributed by atoms with Crippen LogP contribution in [0.25, 0.3) is 0 Å². The van der Waals surface area contributed by atoms with Crippen molar-refractivity contribution < 1.29 is 0 Å². The molecule has 0 N–H and O–H groups in total. The highest BCUT2D eigenvalue weighted by Gasteiger charge is 2.18. The van der Waals surface area contributed by atoms with Crippen LogP contribution in [0.15, 0.2) is 0 Å². The van der Waals surface area contributed by atoms with Crippen molar-refractivity contribution in [2.45, 2.75) is 85.7 Å². The predicted octanol–water partition coefficient (Wildman–Crippen LogP) is 4.71. The van der Waals surface area contributed by atoms with Crippen LogP contribution in [0.1, 0.15) is 73.6 Å². The van der Waals surface area contributed by atoms with E-state index in [-0.39, 0.29) is 0 Å². The molecule has 0 amide bonds. The number of hydrogen-bond donors (Lipinski definition) is 0. The van der Waals surface area contributed by atoms with E-state index in [4.69, 9.17) is 0 Å². The minimum absolute atomic E-state index is 0.681. The number of nitrogens with zero attached hydrogens (tertiary/aromatic N) is 1. The van der Waals surface area contributed by atoms with Gasteiger partial charge in [-0.1, -0.05) is 33.1 Å². The molecule has 0 aromatic rings. The largest absolute Gasteiger partial charge is 0.298 e. The third-order valence-electron chi connectivity index (χ3n) is 3.46. The lowest BCUT2D eigenvalue weighted by molar-refractivity contribution is 0.138. The number of hydrogen-bond acceptors (Lipinski definition) is 1. The van der Waals surface area contributed by atoms with Gasteiger partial charge < -0.3 is 0 Å². The molecule has 0 aromatic heterocycles. The quantitative estimate of drug-likeness (QED) is 0.551. The minimum atomic E-state index is 0.681. The van der Waals surface area contributed by atoms with Gasteiger partial charge in [-0.3, -0.25) is 4.90 Å². The zero-order valence-corrected chi connectivity index (χ0v) is 12.4. The lowest BCUT2D eigenvalue weighted by atomic mass is 9.95. The Labute approximate surface area is 104 Å². The van der Waals surface area contributed by atoms with Gasteiger partial charge >= 0.3 is 0 Å². The molecule has 1 unspecified atom stereocenters. The van der Waals surface area contributed by atoms with Gasteiger partial charge in [-0.15, -0.1) is 0 Å². The van der Waals surface area contributed by atoms with E-state index in [1.165, 1.54) is 38.6 Å². The highest BCUT2D eigenvalue weighted by molar-refractivity contribution is 4.72. The van der Waals surface area contributed by atoms with Crippen LogP contribution in [0.2, 0.25) is 0 Å². The Morgan fingerprint density at radius 3 is 1.75 bits per heavy atom. The van der Waals surface area contributed by atoms with Crippen LogP contribution in [-0.2, 0) is 0 Å². The van der Waals surface area contributed by atoms with Crippen molar-refractivity contribution >= 4 is 0 Å². The van der Waals surface area contributed by atoms with Gasteiger partial charge in [0.1, 0.15) is 0 Å². The van der Waals surface area contributed by atoms with E-state index in [0.29, 0.717) is 12.1 Å². The van der Waals surface area contributed by atoms with Gasteiger partial charge in [-0.25, -0.2) is 0 Å². The van der Waals surface area contributed by atoms with E-state index in [1.54, 1.807) is 0 Å². The number of rotatable bonds is 9. The van der Waals surface area contributed by atoms with E-state index in [0.717, 1.165) is 5.92 Å². The minimum Gasteiger partial charge on any atom is -0.298 e. The smallest absolute Gasteiger partial charge is 0.00414 e. The first-order chi connectivity index (χ1) is 7.52. The average molecular weight is 227 g/mol. The molecular weight excluding hydrogens is 194 g/mol. The second-order valence-corrected chi connectivity index (χ2v) is 5.68. The molecule has 98 valence electrons. The van der Waals surface area contributed by atoms with E-state index in [2.05, 4.69) is 46.4 Å². The van der Waals surface area contributed by atoms with Gasteiger partial charge in [0, 0.05) is 18.6 Å². The summed E-state index contributed by atoms with van der Waals surface area (Å²) in [5, 5.41) is 0. The summed E-state index contributed by atoms with van der Waals surface area (Å²) in [7, 11) is 0. The molecule has 0 spiro atoms. The summed E-state index contributed by atoms with van der Waals surface area (Å²) in [6, 6.07) is 1.36. The molecule has 0 aliphatic rings. The Morgan fingerprint density at radius 1 is 0.812 bits per heavy atom. The van der Waals surface area contributed by atoms with Crippen LogP contribution in [0.3, 0.4) is 0 Å². The van der Waals surface area contributed by atoms with Gasteiger partial charge in [0.25, 0.3) is 0 Å². The second kappa shape index (κ2) is 9.04. The maximum absolute atomic E-state index is 2.65. The second-order valence-electron chi connectivity index (χ2n) is 5.68. The normalized spacial score (nSPS) is 14.1. The van der Waals surface area contributed by atoms with Crippen LogP contribution in [0.5, 0.6) is 0 Å². The molecule has 16 heavy (non-hydrogen) atoms. The Kier molecular flexibility index (Phi) is 9.02. The van der Waals surface area contributed by atoms with Crippen molar-refractivity contribution in [1.29, 1.82) is 0 Å². The zero-order chi connectivity index (χ0) is 12.6. The first-order valence-corrected chi connectivity index (χ1v) is 7.28. The van der Waals surface area contributed by atoms with E-state index in [9.17, 15) is 0 Å². The molecule has 0 bridgehead atoms. The van der Waals surface area contributed by atoms with Gasteiger partial charge in [-0.2, -0.15) is 0 Å². The molecule has 0 saturated heterocycles. The summed E-state index contributed by atoms with van der Waals surface area (Å²) in [4.78, 5) is 2.65. The summed E-state index contributed by atoms with van der Waals surface area (Å²) < 4.78 is 0. The molecule has 0 heterocycles. The zero-order valence-electron chi connectivity index (χ0n) is 12.4.